The van der Waals surface area contributed by atoms with Crippen molar-refractivity contribution >= 4 is 13.7 Å². The summed E-state index contributed by atoms with van der Waals surface area (Å²) in [7, 11) is 1.63. The number of aliphatic hydroxyl groups is 1. The Morgan fingerprint density at radius 2 is 0.750 bits per heavy atom. The maximum Gasteiger partial charge on any atom is 0.472 e. The van der Waals surface area contributed by atoms with E-state index in [1.807, 2.05) is 21.1 Å². The Hall–Kier alpha value is -1.54. The normalized spacial score (nSPS) is 13.9. The van der Waals surface area contributed by atoms with E-state index in [9.17, 15) is 19.4 Å². The summed E-state index contributed by atoms with van der Waals surface area (Å²) in [5.41, 5.74) is 0. The predicted molar refractivity (Wildman–Crippen MR) is 351 cm³/mol. The van der Waals surface area contributed by atoms with Crippen LogP contribution in [0.25, 0.3) is 0 Å². The fraction of sp³-hybridized carbons (Fsp3) is 0.873. The third-order valence-corrected chi connectivity index (χ3v) is 17.1. The minimum absolute atomic E-state index is 0.0766. The van der Waals surface area contributed by atoms with E-state index in [4.69, 9.17) is 9.05 Å². The number of allylic oxidation sites excluding steroid dienone is 8. The van der Waals surface area contributed by atoms with Crippen molar-refractivity contribution in [2.75, 3.05) is 40.9 Å². The molecule has 0 fully saturated rings. The van der Waals surface area contributed by atoms with Crippen LogP contribution in [0, 0.1) is 0 Å². The summed E-state index contributed by atoms with van der Waals surface area (Å²) >= 11 is 0. The van der Waals surface area contributed by atoms with Gasteiger partial charge in [0.25, 0.3) is 0 Å². The number of nitrogens with one attached hydrogen (secondary N) is 1. The summed E-state index contributed by atoms with van der Waals surface area (Å²) < 4.78 is 23.9. The van der Waals surface area contributed by atoms with E-state index in [1.165, 1.54) is 257 Å². The molecule has 472 valence electrons. The minimum Gasteiger partial charge on any atom is -0.391 e. The number of quaternary nitrogens is 1. The lowest BCUT2D eigenvalue weighted by atomic mass is 10.0. The monoisotopic (exact) mass is 1150 g/mol. The van der Waals surface area contributed by atoms with E-state index in [2.05, 4.69) is 67.8 Å². The van der Waals surface area contributed by atoms with Gasteiger partial charge in [0.2, 0.25) is 5.91 Å². The van der Waals surface area contributed by atoms with Crippen molar-refractivity contribution in [2.24, 2.45) is 0 Å². The molecule has 0 saturated heterocycles. The number of likely N-dealkylation sites (N-methyl/N-ethyl adjacent to an activating group) is 1. The molecule has 0 aromatic heterocycles. The van der Waals surface area contributed by atoms with Crippen LogP contribution in [0.5, 0.6) is 0 Å². The SMILES string of the molecule is CC/C=C\C/C=C\C/C=C\C/C=C\CCCCCCCCCCCCCCCCCCCCCCCCC(=O)NC(COP(=O)(O)OCC[N+](C)(C)C)C(O)CCCCCCCCCCCCCCCCCCCCCCCCC. The Labute approximate surface area is 499 Å². The van der Waals surface area contributed by atoms with Gasteiger partial charge < -0.3 is 19.8 Å². The van der Waals surface area contributed by atoms with Gasteiger partial charge in [0.05, 0.1) is 39.9 Å². The Morgan fingerprint density at radius 1 is 0.438 bits per heavy atom. The zero-order valence-corrected chi connectivity index (χ0v) is 55.0. The van der Waals surface area contributed by atoms with Crippen LogP contribution >= 0.6 is 7.82 Å². The van der Waals surface area contributed by atoms with Crippen molar-refractivity contribution < 1.29 is 32.9 Å². The fourth-order valence-electron chi connectivity index (χ4n) is 10.7. The molecule has 3 unspecified atom stereocenters. The molecule has 3 N–H and O–H groups in total. The molecule has 0 aliphatic heterocycles. The van der Waals surface area contributed by atoms with Crippen LogP contribution in [0.3, 0.4) is 0 Å². The third kappa shape index (κ3) is 64.0. The molecule has 0 spiro atoms. The summed E-state index contributed by atoms with van der Waals surface area (Å²) in [5.74, 6) is -0.137. The number of hydrogen-bond donors (Lipinski definition) is 3. The molecule has 3 atom stereocenters. The number of rotatable bonds is 65. The molecule has 0 aromatic carbocycles. The smallest absolute Gasteiger partial charge is 0.391 e. The molecule has 0 heterocycles. The lowest BCUT2D eigenvalue weighted by Gasteiger charge is -2.26. The second-order valence-corrected chi connectivity index (χ2v) is 26.7. The fourth-order valence-corrected chi connectivity index (χ4v) is 11.4. The molecule has 80 heavy (non-hydrogen) atoms. The van der Waals surface area contributed by atoms with Crippen LogP contribution in [0.2, 0.25) is 0 Å². The van der Waals surface area contributed by atoms with E-state index >= 15 is 0 Å². The summed E-state index contributed by atoms with van der Waals surface area (Å²) in [6.45, 7) is 4.83. The van der Waals surface area contributed by atoms with E-state index in [1.54, 1.807) is 0 Å². The lowest BCUT2D eigenvalue weighted by Crippen LogP contribution is -2.46. The summed E-state index contributed by atoms with van der Waals surface area (Å²) in [5, 5.41) is 14.1. The number of aliphatic hydroxyl groups excluding tert-OH is 1. The first kappa shape index (κ1) is 78.5. The molecule has 0 saturated carbocycles. The Bertz CT molecular complexity index is 1440. The summed E-state index contributed by atoms with van der Waals surface area (Å²) in [4.78, 5) is 23.5. The van der Waals surface area contributed by atoms with Crippen molar-refractivity contribution in [3.05, 3.63) is 48.6 Å². The van der Waals surface area contributed by atoms with E-state index in [0.29, 0.717) is 23.9 Å². The van der Waals surface area contributed by atoms with Gasteiger partial charge in [-0.2, -0.15) is 0 Å². The van der Waals surface area contributed by atoms with Crippen LogP contribution in [-0.2, 0) is 18.4 Å². The average Bonchev–Trinajstić information content (AvgIpc) is 3.42. The highest BCUT2D eigenvalue weighted by molar-refractivity contribution is 7.47. The summed E-state index contributed by atoms with van der Waals surface area (Å²) in [6.07, 6.45) is 83.6. The maximum atomic E-state index is 13.1. The van der Waals surface area contributed by atoms with Crippen molar-refractivity contribution in [3.63, 3.8) is 0 Å². The van der Waals surface area contributed by atoms with Gasteiger partial charge in [0.1, 0.15) is 13.2 Å². The number of carbonyl (C=O) groups is 1. The quantitative estimate of drug-likeness (QED) is 0.0243. The zero-order valence-electron chi connectivity index (χ0n) is 54.1. The highest BCUT2D eigenvalue weighted by Crippen LogP contribution is 2.43. The number of hydrogen-bond acceptors (Lipinski definition) is 5. The number of amides is 1. The molecule has 0 bridgehead atoms. The van der Waals surface area contributed by atoms with Crippen LogP contribution < -0.4 is 5.32 Å². The number of phosphoric ester groups is 1. The highest BCUT2D eigenvalue weighted by atomic mass is 31.2. The van der Waals surface area contributed by atoms with Crippen LogP contribution in [-0.4, -0.2) is 73.4 Å². The first-order valence-electron chi connectivity index (χ1n) is 35.0. The molecule has 0 aliphatic carbocycles. The number of unbranched alkanes of at least 4 members (excludes halogenated alkanes) is 44. The average molecular weight is 1150 g/mol. The van der Waals surface area contributed by atoms with Gasteiger partial charge in [-0.3, -0.25) is 13.8 Å². The van der Waals surface area contributed by atoms with Crippen LogP contribution in [0.4, 0.5) is 0 Å². The first-order valence-corrected chi connectivity index (χ1v) is 36.5. The summed E-state index contributed by atoms with van der Waals surface area (Å²) in [6, 6.07) is -0.761. The van der Waals surface area contributed by atoms with E-state index in [-0.39, 0.29) is 19.1 Å². The molecule has 0 aromatic rings. The van der Waals surface area contributed by atoms with E-state index in [0.717, 1.165) is 64.2 Å². The van der Waals surface area contributed by atoms with Gasteiger partial charge >= 0.3 is 7.82 Å². The van der Waals surface area contributed by atoms with Crippen LogP contribution in [0.1, 0.15) is 348 Å². The van der Waals surface area contributed by atoms with Gasteiger partial charge in [0.15, 0.2) is 0 Å². The second kappa shape index (κ2) is 62.0. The predicted octanol–water partition coefficient (Wildman–Crippen LogP) is 22.2. The Kier molecular flexibility index (Phi) is 60.8. The standard InChI is InChI=1S/C71H137N2O6P/c1-6-8-10-12-14-16-18-20-22-24-26-28-30-31-32-33-34-35-36-37-38-39-40-41-43-45-47-49-51-53-55-57-59-61-63-65-71(75)72-69(68-79-80(76,77)78-67-66-73(3,4)5)70(74)64-62-60-58-56-54-52-50-48-46-44-42-29-27-25-23-21-19-17-15-13-11-9-7-2/h8,10,14,16,20,22,26,28,69-70,74H,6-7,9,11-13,15,17-19,21,23-25,27,29-68H2,1-5H3,(H-,72,75,76,77)/p+1/b10-8-,16-14-,22-20-,28-26-. The van der Waals surface area contributed by atoms with Gasteiger partial charge in [-0.05, 0) is 51.4 Å². The highest BCUT2D eigenvalue weighted by Gasteiger charge is 2.28. The molecule has 0 radical (unpaired) electrons. The first-order chi connectivity index (χ1) is 39.0. The topological polar surface area (TPSA) is 105 Å². The van der Waals surface area contributed by atoms with Gasteiger partial charge in [-0.1, -0.05) is 339 Å². The Balaban J connectivity index is 3.97. The molecule has 1 amide bonds. The molecular formula is C71H138N2O6P+. The number of phosphoric acid groups is 1. The number of nitrogens with zero attached hydrogens (tertiary/aromatic N) is 1. The molecule has 0 aliphatic rings. The van der Waals surface area contributed by atoms with Gasteiger partial charge in [0, 0.05) is 6.42 Å². The van der Waals surface area contributed by atoms with E-state index < -0.39 is 20.0 Å². The number of carbonyl (C=O) groups excluding carboxylic acids is 1. The van der Waals surface area contributed by atoms with Crippen molar-refractivity contribution in [1.82, 2.24) is 5.32 Å². The second-order valence-electron chi connectivity index (χ2n) is 25.2. The van der Waals surface area contributed by atoms with Gasteiger partial charge in [-0.15, -0.1) is 0 Å². The van der Waals surface area contributed by atoms with Crippen LogP contribution in [0.15, 0.2) is 48.6 Å². The minimum atomic E-state index is -4.33. The largest absolute Gasteiger partial charge is 0.472 e. The van der Waals surface area contributed by atoms with Crippen molar-refractivity contribution in [3.8, 4) is 0 Å². The maximum absolute atomic E-state index is 13.1. The lowest BCUT2D eigenvalue weighted by molar-refractivity contribution is -0.870. The van der Waals surface area contributed by atoms with Crippen molar-refractivity contribution in [2.45, 2.75) is 360 Å². The molecule has 9 heteroatoms. The molecular weight excluding hydrogens is 1010 g/mol. The Morgan fingerprint density at radius 3 is 1.10 bits per heavy atom. The molecule has 0 rings (SSSR count). The van der Waals surface area contributed by atoms with Gasteiger partial charge in [-0.25, -0.2) is 4.57 Å². The third-order valence-electron chi connectivity index (χ3n) is 16.1. The van der Waals surface area contributed by atoms with Crippen molar-refractivity contribution in [1.29, 1.82) is 0 Å². The molecule has 8 nitrogen and oxygen atoms in total. The zero-order chi connectivity index (χ0) is 58.4.